The van der Waals surface area contributed by atoms with Crippen molar-refractivity contribution in [2.75, 3.05) is 0 Å². The molecule has 9 nitrogen and oxygen atoms in total. The normalized spacial score (nSPS) is 13.3. The van der Waals surface area contributed by atoms with Crippen LogP contribution >= 0.6 is 0 Å². The monoisotopic (exact) mass is 462 g/mol. The molecule has 4 N–H and O–H groups in total. The number of fused-ring (bicyclic) bond motifs is 2. The summed E-state index contributed by atoms with van der Waals surface area (Å²) in [5, 5.41) is 13.3. The van der Waals surface area contributed by atoms with Crippen LogP contribution in [-0.4, -0.2) is 37.6 Å². The molecule has 0 spiro atoms. The maximum atomic E-state index is 13.4. The van der Waals surface area contributed by atoms with Crippen molar-refractivity contribution in [3.8, 4) is 0 Å². The van der Waals surface area contributed by atoms with Crippen LogP contribution in [0.25, 0.3) is 21.8 Å². The molecule has 34 heavy (non-hydrogen) atoms. The number of carboxylic acid groups (broad SMARTS) is 1. The van der Waals surface area contributed by atoms with Crippen LogP contribution in [0.3, 0.4) is 0 Å². The van der Waals surface area contributed by atoms with Gasteiger partial charge in [-0.1, -0.05) is 44.2 Å². The van der Waals surface area contributed by atoms with Gasteiger partial charge in [0.05, 0.1) is 10.9 Å². The van der Waals surface area contributed by atoms with Crippen LogP contribution in [0.1, 0.15) is 31.9 Å². The standard InChI is InChI=1S/C25H26N4O5/c1-14(2)11-20(24(32)33)27-22(30)21(12-15-13-26-18-9-5-3-7-16(15)18)29-23(31)17-8-4-6-10-19(17)28-25(29)34/h3-10,13-14,20-21,26H,11-12H2,1-2H3,(H,27,30)(H,28,34)(H,32,33)/t20-,21-/m0/s1. The smallest absolute Gasteiger partial charge is 0.329 e. The lowest BCUT2D eigenvalue weighted by Gasteiger charge is -2.22. The van der Waals surface area contributed by atoms with Crippen LogP contribution in [0.5, 0.6) is 0 Å². The third kappa shape index (κ3) is 4.50. The molecule has 0 bridgehead atoms. The number of carboxylic acids is 1. The summed E-state index contributed by atoms with van der Waals surface area (Å²) in [6, 6.07) is 11.6. The van der Waals surface area contributed by atoms with Crippen molar-refractivity contribution < 1.29 is 14.7 Å². The molecule has 4 aromatic rings. The number of aromatic nitrogens is 3. The SMILES string of the molecule is CC(C)C[C@H](NC(=O)[C@H](Cc1c[nH]c2ccccc12)n1c(=O)[nH]c2ccccc2c1=O)C(=O)O. The van der Waals surface area contributed by atoms with Crippen LogP contribution in [0.2, 0.25) is 0 Å². The first-order valence-corrected chi connectivity index (χ1v) is 11.1. The van der Waals surface area contributed by atoms with E-state index in [1.54, 1.807) is 30.5 Å². The van der Waals surface area contributed by atoms with Crippen molar-refractivity contribution >= 4 is 33.7 Å². The molecule has 0 aliphatic rings. The van der Waals surface area contributed by atoms with E-state index in [0.717, 1.165) is 21.0 Å². The lowest BCUT2D eigenvalue weighted by Crippen LogP contribution is -2.49. The molecule has 2 aromatic heterocycles. The Bertz CT molecular complexity index is 1480. The van der Waals surface area contributed by atoms with Crippen LogP contribution in [0, 0.1) is 5.92 Å². The van der Waals surface area contributed by atoms with Crippen LogP contribution < -0.4 is 16.6 Å². The summed E-state index contributed by atoms with van der Waals surface area (Å²) in [5.74, 6) is -1.87. The predicted molar refractivity (Wildman–Crippen MR) is 129 cm³/mol. The first kappa shape index (κ1) is 23.0. The number of para-hydroxylation sites is 2. The second kappa shape index (κ2) is 9.38. The Balaban J connectivity index is 1.82. The Labute approximate surface area is 194 Å². The number of nitrogens with one attached hydrogen (secondary N) is 3. The number of carbonyl (C=O) groups is 2. The zero-order valence-electron chi connectivity index (χ0n) is 18.9. The number of aliphatic carboxylic acids is 1. The van der Waals surface area contributed by atoms with E-state index in [1.807, 2.05) is 38.1 Å². The molecular weight excluding hydrogens is 436 g/mol. The van der Waals surface area contributed by atoms with E-state index >= 15 is 0 Å². The third-order valence-electron chi connectivity index (χ3n) is 5.86. The molecule has 0 saturated carbocycles. The van der Waals surface area contributed by atoms with Gasteiger partial charge in [0.15, 0.2) is 0 Å². The highest BCUT2D eigenvalue weighted by Gasteiger charge is 2.30. The topological polar surface area (TPSA) is 137 Å². The molecule has 0 saturated heterocycles. The summed E-state index contributed by atoms with van der Waals surface area (Å²) >= 11 is 0. The molecule has 4 rings (SSSR count). The lowest BCUT2D eigenvalue weighted by atomic mass is 10.0. The zero-order valence-corrected chi connectivity index (χ0v) is 18.9. The van der Waals surface area contributed by atoms with Crippen LogP contribution in [-0.2, 0) is 16.0 Å². The number of hydrogen-bond donors (Lipinski definition) is 4. The first-order chi connectivity index (χ1) is 16.3. The quantitative estimate of drug-likeness (QED) is 0.319. The summed E-state index contributed by atoms with van der Waals surface area (Å²) in [6.07, 6.45) is 1.96. The van der Waals surface area contributed by atoms with Gasteiger partial charge in [0.1, 0.15) is 12.1 Å². The van der Waals surface area contributed by atoms with Crippen molar-refractivity contribution in [1.82, 2.24) is 19.9 Å². The van der Waals surface area contributed by atoms with Gasteiger partial charge in [-0.3, -0.25) is 9.59 Å². The Kier molecular flexibility index (Phi) is 6.36. The summed E-state index contributed by atoms with van der Waals surface area (Å²) < 4.78 is 0.883. The highest BCUT2D eigenvalue weighted by molar-refractivity contribution is 5.88. The molecule has 0 fully saturated rings. The van der Waals surface area contributed by atoms with Crippen LogP contribution in [0.15, 0.2) is 64.3 Å². The van der Waals surface area contributed by atoms with E-state index in [-0.39, 0.29) is 24.1 Å². The van der Waals surface area contributed by atoms with Gasteiger partial charge in [-0.05, 0) is 36.1 Å². The van der Waals surface area contributed by atoms with E-state index in [9.17, 15) is 24.3 Å². The zero-order chi connectivity index (χ0) is 24.4. The van der Waals surface area contributed by atoms with Crippen molar-refractivity contribution in [3.05, 3.63) is 81.1 Å². The van der Waals surface area contributed by atoms with E-state index in [2.05, 4.69) is 15.3 Å². The number of amides is 1. The molecule has 1 amide bonds. The molecule has 0 unspecified atom stereocenters. The van der Waals surface area contributed by atoms with Gasteiger partial charge in [0.2, 0.25) is 5.91 Å². The number of aromatic amines is 2. The molecule has 0 aliphatic carbocycles. The van der Waals surface area contributed by atoms with Crippen molar-refractivity contribution in [2.24, 2.45) is 5.92 Å². The molecule has 0 aliphatic heterocycles. The largest absolute Gasteiger partial charge is 0.480 e. The highest BCUT2D eigenvalue weighted by atomic mass is 16.4. The predicted octanol–water partition coefficient (Wildman–Crippen LogP) is 2.57. The average molecular weight is 463 g/mol. The molecule has 176 valence electrons. The van der Waals surface area contributed by atoms with Gasteiger partial charge >= 0.3 is 11.7 Å². The average Bonchev–Trinajstić information content (AvgIpc) is 3.20. The minimum absolute atomic E-state index is 0.0141. The Morgan fingerprint density at radius 1 is 1.00 bits per heavy atom. The highest BCUT2D eigenvalue weighted by Crippen LogP contribution is 2.23. The number of H-pyrrole nitrogens is 2. The Morgan fingerprint density at radius 2 is 1.65 bits per heavy atom. The number of nitrogens with zero attached hydrogens (tertiary/aromatic N) is 1. The summed E-state index contributed by atoms with van der Waals surface area (Å²) in [7, 11) is 0. The van der Waals surface area contributed by atoms with Gasteiger partial charge < -0.3 is 20.4 Å². The van der Waals surface area contributed by atoms with Crippen molar-refractivity contribution in [1.29, 1.82) is 0 Å². The maximum absolute atomic E-state index is 13.4. The molecule has 0 radical (unpaired) electrons. The molecule has 2 aromatic carbocycles. The van der Waals surface area contributed by atoms with E-state index in [1.165, 1.54) is 0 Å². The summed E-state index contributed by atoms with van der Waals surface area (Å²) in [4.78, 5) is 57.3. The number of benzene rings is 2. The number of rotatable bonds is 8. The Morgan fingerprint density at radius 3 is 2.32 bits per heavy atom. The second-order valence-corrected chi connectivity index (χ2v) is 8.76. The van der Waals surface area contributed by atoms with E-state index in [0.29, 0.717) is 5.52 Å². The second-order valence-electron chi connectivity index (χ2n) is 8.76. The molecule has 9 heteroatoms. The van der Waals surface area contributed by atoms with Gasteiger partial charge in [-0.25, -0.2) is 14.2 Å². The summed E-state index contributed by atoms with van der Waals surface area (Å²) in [6.45, 7) is 3.70. The molecule has 2 atom stereocenters. The van der Waals surface area contributed by atoms with Gasteiger partial charge in [-0.15, -0.1) is 0 Å². The first-order valence-electron chi connectivity index (χ1n) is 11.1. The van der Waals surface area contributed by atoms with Gasteiger partial charge in [0, 0.05) is 23.5 Å². The van der Waals surface area contributed by atoms with Gasteiger partial charge in [0.25, 0.3) is 5.56 Å². The van der Waals surface area contributed by atoms with Crippen LogP contribution in [0.4, 0.5) is 0 Å². The van der Waals surface area contributed by atoms with E-state index < -0.39 is 35.2 Å². The lowest BCUT2D eigenvalue weighted by molar-refractivity contribution is -0.142. The molecule has 2 heterocycles. The fourth-order valence-electron chi connectivity index (χ4n) is 4.23. The minimum Gasteiger partial charge on any atom is -0.480 e. The summed E-state index contributed by atoms with van der Waals surface area (Å²) in [5.41, 5.74) is 0.586. The van der Waals surface area contributed by atoms with Gasteiger partial charge in [-0.2, -0.15) is 0 Å². The van der Waals surface area contributed by atoms with Crippen molar-refractivity contribution in [3.63, 3.8) is 0 Å². The van der Waals surface area contributed by atoms with Crippen molar-refractivity contribution in [2.45, 2.75) is 38.8 Å². The number of carbonyl (C=O) groups excluding carboxylic acids is 1. The third-order valence-corrected chi connectivity index (χ3v) is 5.86. The fraction of sp³-hybridized carbons (Fsp3) is 0.280. The molecular formula is C25H26N4O5. The number of hydrogen-bond acceptors (Lipinski definition) is 4. The fourth-order valence-corrected chi connectivity index (χ4v) is 4.23. The van der Waals surface area contributed by atoms with E-state index in [4.69, 9.17) is 0 Å². The Hall–Kier alpha value is -4.14. The maximum Gasteiger partial charge on any atom is 0.329 e. The minimum atomic E-state index is -1.26.